The van der Waals surface area contributed by atoms with Crippen molar-refractivity contribution in [3.63, 3.8) is 0 Å². The molecule has 0 unspecified atom stereocenters. The highest BCUT2D eigenvalue weighted by molar-refractivity contribution is 5.79. The number of hydrogen-bond donors (Lipinski definition) is 3. The Bertz CT molecular complexity index is 831. The highest BCUT2D eigenvalue weighted by Gasteiger charge is 2.18. The number of nitrogens with one attached hydrogen (secondary N) is 3. The first-order valence-corrected chi connectivity index (χ1v) is 16.1. The van der Waals surface area contributed by atoms with Gasteiger partial charge in [0.25, 0.3) is 0 Å². The predicted molar refractivity (Wildman–Crippen MR) is 166 cm³/mol. The van der Waals surface area contributed by atoms with E-state index in [1.807, 2.05) is 30.3 Å². The van der Waals surface area contributed by atoms with Crippen molar-refractivity contribution >= 4 is 23.9 Å². The van der Waals surface area contributed by atoms with Crippen LogP contribution in [0.15, 0.2) is 30.3 Å². The fourth-order valence-electron chi connectivity index (χ4n) is 4.42. The lowest BCUT2D eigenvalue weighted by molar-refractivity contribution is -0.148. The van der Waals surface area contributed by atoms with Crippen LogP contribution in [-0.2, 0) is 30.5 Å². The van der Waals surface area contributed by atoms with Crippen molar-refractivity contribution in [3.8, 4) is 0 Å². The molecule has 0 saturated heterocycles. The molecule has 0 fully saturated rings. The molecule has 0 aromatic heterocycles. The van der Waals surface area contributed by atoms with E-state index < -0.39 is 18.2 Å². The first-order chi connectivity index (χ1) is 20.4. The average molecular weight is 590 g/mol. The molecule has 3 N–H and O–H groups in total. The molecule has 1 aromatic rings. The number of amides is 3. The topological polar surface area (TPSA) is 123 Å². The minimum atomic E-state index is -0.754. The van der Waals surface area contributed by atoms with Crippen LogP contribution >= 0.6 is 0 Å². The van der Waals surface area contributed by atoms with E-state index in [1.54, 1.807) is 0 Å². The number of esters is 1. The highest BCUT2D eigenvalue weighted by Crippen LogP contribution is 2.09. The summed E-state index contributed by atoms with van der Waals surface area (Å²) in [6.45, 7) is 4.24. The SMILES string of the molecule is CCCCCCCCCC(=O)NCC(CNC(=O)CCCCCCCCC)OC(=O)CNC(=O)OCc1ccccc1. The van der Waals surface area contributed by atoms with Gasteiger partial charge < -0.3 is 25.4 Å². The van der Waals surface area contributed by atoms with E-state index in [2.05, 4.69) is 29.8 Å². The van der Waals surface area contributed by atoms with Gasteiger partial charge in [-0.2, -0.15) is 0 Å². The van der Waals surface area contributed by atoms with Crippen molar-refractivity contribution < 1.29 is 28.7 Å². The summed E-state index contributed by atoms with van der Waals surface area (Å²) in [4.78, 5) is 49.2. The molecule has 0 radical (unpaired) electrons. The van der Waals surface area contributed by atoms with Crippen LogP contribution in [0.3, 0.4) is 0 Å². The van der Waals surface area contributed by atoms with Gasteiger partial charge in [-0.3, -0.25) is 14.4 Å². The Morgan fingerprint density at radius 3 is 1.62 bits per heavy atom. The maximum Gasteiger partial charge on any atom is 0.407 e. The summed E-state index contributed by atoms with van der Waals surface area (Å²) >= 11 is 0. The lowest BCUT2D eigenvalue weighted by Gasteiger charge is -2.19. The Hall–Kier alpha value is -3.10. The Morgan fingerprint density at radius 2 is 1.12 bits per heavy atom. The van der Waals surface area contributed by atoms with E-state index in [-0.39, 0.29) is 38.1 Å². The molecular weight excluding hydrogens is 534 g/mol. The molecule has 0 aliphatic rings. The molecule has 3 amide bonds. The predicted octanol–water partition coefficient (Wildman–Crippen LogP) is 6.34. The zero-order valence-electron chi connectivity index (χ0n) is 26.1. The summed E-state index contributed by atoms with van der Waals surface area (Å²) in [5.41, 5.74) is 0.828. The third-order valence-corrected chi connectivity index (χ3v) is 6.96. The Morgan fingerprint density at radius 1 is 0.643 bits per heavy atom. The van der Waals surface area contributed by atoms with E-state index in [4.69, 9.17) is 9.47 Å². The largest absolute Gasteiger partial charge is 0.457 e. The molecule has 1 rings (SSSR count). The molecule has 0 bridgehead atoms. The average Bonchev–Trinajstić information content (AvgIpc) is 2.99. The van der Waals surface area contributed by atoms with Crippen LogP contribution in [0.1, 0.15) is 122 Å². The molecule has 0 aliphatic heterocycles. The monoisotopic (exact) mass is 589 g/mol. The van der Waals surface area contributed by atoms with Gasteiger partial charge in [-0.05, 0) is 18.4 Å². The number of rotatable bonds is 25. The zero-order chi connectivity index (χ0) is 30.7. The summed E-state index contributed by atoms with van der Waals surface area (Å²) in [5.74, 6) is -0.900. The third kappa shape index (κ3) is 21.6. The summed E-state index contributed by atoms with van der Waals surface area (Å²) in [6.07, 6.45) is 15.0. The number of hydrogen-bond acceptors (Lipinski definition) is 6. The Kier molecular flexibility index (Phi) is 22.5. The molecule has 0 aliphatic carbocycles. The van der Waals surface area contributed by atoms with E-state index in [0.717, 1.165) is 44.1 Å². The van der Waals surface area contributed by atoms with Gasteiger partial charge in [-0.25, -0.2) is 4.79 Å². The number of benzene rings is 1. The lowest BCUT2D eigenvalue weighted by Crippen LogP contribution is -2.44. The number of ether oxygens (including phenoxy) is 2. The van der Waals surface area contributed by atoms with Gasteiger partial charge in [-0.15, -0.1) is 0 Å². The molecule has 0 spiro atoms. The summed E-state index contributed by atoms with van der Waals surface area (Å²) in [6, 6.07) is 9.21. The maximum atomic E-state index is 12.4. The van der Waals surface area contributed by atoms with Crippen LogP contribution < -0.4 is 16.0 Å². The van der Waals surface area contributed by atoms with Crippen LogP contribution in [0, 0.1) is 0 Å². The summed E-state index contributed by atoms with van der Waals surface area (Å²) < 4.78 is 10.6. The van der Waals surface area contributed by atoms with E-state index in [1.165, 1.54) is 51.4 Å². The van der Waals surface area contributed by atoms with Crippen molar-refractivity contribution in [2.24, 2.45) is 0 Å². The molecule has 9 nitrogen and oxygen atoms in total. The zero-order valence-corrected chi connectivity index (χ0v) is 26.1. The second-order valence-corrected chi connectivity index (χ2v) is 10.9. The molecular formula is C33H55N3O6. The lowest BCUT2D eigenvalue weighted by atomic mass is 10.1. The van der Waals surface area contributed by atoms with Gasteiger partial charge in [0.15, 0.2) is 0 Å². The molecule has 42 heavy (non-hydrogen) atoms. The first kappa shape index (κ1) is 36.9. The van der Waals surface area contributed by atoms with E-state index >= 15 is 0 Å². The normalized spacial score (nSPS) is 10.7. The minimum absolute atomic E-state index is 0.0806. The molecule has 0 atom stereocenters. The first-order valence-electron chi connectivity index (χ1n) is 16.1. The van der Waals surface area contributed by atoms with Crippen molar-refractivity contribution in [2.45, 2.75) is 129 Å². The summed E-state index contributed by atoms with van der Waals surface area (Å²) in [7, 11) is 0. The maximum absolute atomic E-state index is 12.4. The summed E-state index contributed by atoms with van der Waals surface area (Å²) in [5, 5.41) is 8.03. The van der Waals surface area contributed by atoms with Crippen LogP contribution in [0.4, 0.5) is 4.79 Å². The van der Waals surface area contributed by atoms with E-state index in [0.29, 0.717) is 12.8 Å². The van der Waals surface area contributed by atoms with Crippen LogP contribution in [0.5, 0.6) is 0 Å². The van der Waals surface area contributed by atoms with Gasteiger partial charge in [0.1, 0.15) is 19.3 Å². The van der Waals surface area contributed by atoms with Crippen molar-refractivity contribution in [1.29, 1.82) is 0 Å². The standard InChI is InChI=1S/C33H55N3O6/c1-3-5-7-9-11-13-18-22-30(37)34-24-29(25-35-31(38)23-19-14-12-10-8-6-4-2)42-32(39)26-36-33(40)41-27-28-20-16-15-17-21-28/h15-17,20-21,29H,3-14,18-19,22-27H2,1-2H3,(H,34,37)(H,35,38)(H,36,40). The van der Waals surface area contributed by atoms with Gasteiger partial charge in [0.2, 0.25) is 11.8 Å². The number of alkyl carbamates (subject to hydrolysis) is 1. The van der Waals surface area contributed by atoms with Gasteiger partial charge in [-0.1, -0.05) is 121 Å². The second kappa shape index (κ2) is 25.6. The van der Waals surface area contributed by atoms with Crippen LogP contribution in [0.2, 0.25) is 0 Å². The van der Waals surface area contributed by atoms with Crippen molar-refractivity contribution in [1.82, 2.24) is 16.0 Å². The van der Waals surface area contributed by atoms with Crippen molar-refractivity contribution in [3.05, 3.63) is 35.9 Å². The smallest absolute Gasteiger partial charge is 0.407 e. The third-order valence-electron chi connectivity index (χ3n) is 6.96. The van der Waals surface area contributed by atoms with Crippen molar-refractivity contribution in [2.75, 3.05) is 19.6 Å². The number of carbonyl (C=O) groups excluding carboxylic acids is 4. The minimum Gasteiger partial charge on any atom is -0.457 e. The second-order valence-electron chi connectivity index (χ2n) is 10.9. The Labute approximate surface area is 253 Å². The molecule has 9 heteroatoms. The fraction of sp³-hybridized carbons (Fsp3) is 0.697. The molecule has 0 saturated carbocycles. The quantitative estimate of drug-likeness (QED) is 0.0904. The molecule has 1 aromatic carbocycles. The van der Waals surface area contributed by atoms with Gasteiger partial charge in [0.05, 0.1) is 13.1 Å². The number of unbranched alkanes of at least 4 members (excludes halogenated alkanes) is 12. The Balaban J connectivity index is 2.42. The highest BCUT2D eigenvalue weighted by atomic mass is 16.6. The van der Waals surface area contributed by atoms with Crippen LogP contribution in [0.25, 0.3) is 0 Å². The number of carbonyl (C=O) groups is 4. The van der Waals surface area contributed by atoms with E-state index in [9.17, 15) is 19.2 Å². The molecule has 238 valence electrons. The fourth-order valence-corrected chi connectivity index (χ4v) is 4.42. The van der Waals surface area contributed by atoms with Crippen LogP contribution in [-0.4, -0.2) is 49.6 Å². The molecule has 0 heterocycles. The van der Waals surface area contributed by atoms with Gasteiger partial charge >= 0.3 is 12.1 Å². The van der Waals surface area contributed by atoms with Gasteiger partial charge in [0, 0.05) is 12.8 Å².